The Morgan fingerprint density at radius 2 is 2.18 bits per heavy atom. The van der Waals surface area contributed by atoms with Crippen molar-refractivity contribution in [3.05, 3.63) is 30.2 Å². The van der Waals surface area contributed by atoms with Gasteiger partial charge in [-0.3, -0.25) is 14.8 Å². The van der Waals surface area contributed by atoms with Crippen molar-refractivity contribution >= 4 is 28.4 Å². The Labute approximate surface area is 131 Å². The van der Waals surface area contributed by atoms with Crippen molar-refractivity contribution in [2.24, 2.45) is 5.41 Å². The van der Waals surface area contributed by atoms with Gasteiger partial charge in [-0.05, 0) is 18.9 Å². The van der Waals surface area contributed by atoms with Crippen LogP contribution in [0.5, 0.6) is 0 Å². The second-order valence-corrected chi connectivity index (χ2v) is 6.62. The summed E-state index contributed by atoms with van der Waals surface area (Å²) in [6.07, 6.45) is 7.19. The summed E-state index contributed by atoms with van der Waals surface area (Å²) >= 11 is 1.47. The van der Waals surface area contributed by atoms with Gasteiger partial charge < -0.3 is 5.11 Å². The van der Waals surface area contributed by atoms with E-state index in [2.05, 4.69) is 15.0 Å². The van der Waals surface area contributed by atoms with Crippen LogP contribution in [0.3, 0.4) is 0 Å². The standard InChI is InChI=1S/C14H15N5O2S/c20-13(21)18-8-14(3-1-4-14)11(18)19(10-7-15-9-22-10)12-16-5-2-6-17-12/h2,5-7,9,11H,1,3-4,8H2,(H,20,21). The van der Waals surface area contributed by atoms with Crippen LogP contribution in [0.15, 0.2) is 30.2 Å². The second kappa shape index (κ2) is 4.91. The summed E-state index contributed by atoms with van der Waals surface area (Å²) in [6, 6.07) is 1.75. The molecule has 1 saturated carbocycles. The summed E-state index contributed by atoms with van der Waals surface area (Å²) in [4.78, 5) is 27.8. The third kappa shape index (κ3) is 1.87. The Morgan fingerprint density at radius 3 is 2.73 bits per heavy atom. The van der Waals surface area contributed by atoms with E-state index in [-0.39, 0.29) is 11.6 Å². The zero-order valence-electron chi connectivity index (χ0n) is 11.8. The first-order valence-electron chi connectivity index (χ1n) is 7.16. The number of anilines is 2. The normalized spacial score (nSPS) is 22.0. The number of nitrogens with zero attached hydrogens (tertiary/aromatic N) is 5. The fourth-order valence-electron chi connectivity index (χ4n) is 3.43. The van der Waals surface area contributed by atoms with Gasteiger partial charge in [-0.1, -0.05) is 6.42 Å². The maximum absolute atomic E-state index is 11.6. The number of hydrogen-bond donors (Lipinski definition) is 1. The summed E-state index contributed by atoms with van der Waals surface area (Å²) < 4.78 is 0. The van der Waals surface area contributed by atoms with Crippen LogP contribution in [-0.2, 0) is 0 Å². The third-order valence-corrected chi connectivity index (χ3v) is 5.36. The maximum Gasteiger partial charge on any atom is 0.409 e. The van der Waals surface area contributed by atoms with Crippen molar-refractivity contribution in [3.8, 4) is 0 Å². The molecule has 1 spiro atoms. The van der Waals surface area contributed by atoms with Gasteiger partial charge in [0.1, 0.15) is 11.2 Å². The molecule has 4 rings (SSSR count). The van der Waals surface area contributed by atoms with Crippen LogP contribution in [-0.4, -0.2) is 43.8 Å². The highest BCUT2D eigenvalue weighted by Crippen LogP contribution is 2.56. The molecule has 1 atom stereocenters. The molecule has 1 aliphatic carbocycles. The fourth-order valence-corrected chi connectivity index (χ4v) is 4.08. The van der Waals surface area contributed by atoms with Crippen molar-refractivity contribution in [2.45, 2.75) is 25.4 Å². The van der Waals surface area contributed by atoms with E-state index < -0.39 is 6.09 Å². The summed E-state index contributed by atoms with van der Waals surface area (Å²) in [5.41, 5.74) is 1.77. The lowest BCUT2D eigenvalue weighted by atomic mass is 9.60. The van der Waals surface area contributed by atoms with Crippen molar-refractivity contribution in [3.63, 3.8) is 0 Å². The van der Waals surface area contributed by atoms with Gasteiger partial charge in [0, 0.05) is 24.4 Å². The zero-order chi connectivity index (χ0) is 15.2. The van der Waals surface area contributed by atoms with Crippen LogP contribution < -0.4 is 4.90 Å². The van der Waals surface area contributed by atoms with Gasteiger partial charge in [0.25, 0.3) is 0 Å². The number of amides is 1. The molecule has 7 nitrogen and oxygen atoms in total. The molecule has 22 heavy (non-hydrogen) atoms. The Balaban J connectivity index is 1.78. The van der Waals surface area contributed by atoms with Crippen molar-refractivity contribution < 1.29 is 9.90 Å². The van der Waals surface area contributed by atoms with E-state index in [4.69, 9.17) is 0 Å². The molecule has 1 N–H and O–H groups in total. The summed E-state index contributed by atoms with van der Waals surface area (Å²) in [7, 11) is 0. The molecule has 8 heteroatoms. The first kappa shape index (κ1) is 13.4. The number of carbonyl (C=O) groups is 1. The minimum atomic E-state index is -0.895. The number of aromatic nitrogens is 3. The van der Waals surface area contributed by atoms with E-state index in [1.165, 1.54) is 16.2 Å². The van der Waals surface area contributed by atoms with Gasteiger partial charge >= 0.3 is 6.09 Å². The number of thiazole rings is 1. The molecule has 0 bridgehead atoms. The number of carboxylic acid groups (broad SMARTS) is 1. The summed E-state index contributed by atoms with van der Waals surface area (Å²) in [5.74, 6) is 0.522. The van der Waals surface area contributed by atoms with E-state index >= 15 is 0 Å². The first-order chi connectivity index (χ1) is 10.7. The Bertz CT molecular complexity index is 674. The van der Waals surface area contributed by atoms with Gasteiger partial charge in [0.2, 0.25) is 5.95 Å². The molecule has 1 saturated heterocycles. The van der Waals surface area contributed by atoms with E-state index in [0.29, 0.717) is 12.5 Å². The molecule has 2 fully saturated rings. The van der Waals surface area contributed by atoms with E-state index in [1.54, 1.807) is 30.2 Å². The minimum Gasteiger partial charge on any atom is -0.465 e. The second-order valence-electron chi connectivity index (χ2n) is 5.76. The molecule has 1 amide bonds. The van der Waals surface area contributed by atoms with Crippen molar-refractivity contribution in [1.82, 2.24) is 19.9 Å². The number of hydrogen-bond acceptors (Lipinski definition) is 6. The molecule has 114 valence electrons. The summed E-state index contributed by atoms with van der Waals surface area (Å²) in [5, 5.41) is 10.4. The van der Waals surface area contributed by atoms with E-state index in [0.717, 1.165) is 24.3 Å². The minimum absolute atomic E-state index is 0.0293. The van der Waals surface area contributed by atoms with Gasteiger partial charge in [-0.15, -0.1) is 11.3 Å². The molecule has 1 unspecified atom stereocenters. The van der Waals surface area contributed by atoms with Gasteiger partial charge in [-0.2, -0.15) is 0 Å². The van der Waals surface area contributed by atoms with Crippen LogP contribution >= 0.6 is 11.3 Å². The predicted octanol–water partition coefficient (Wildman–Crippen LogP) is 2.56. The van der Waals surface area contributed by atoms with Crippen LogP contribution in [0.4, 0.5) is 15.7 Å². The Morgan fingerprint density at radius 1 is 1.41 bits per heavy atom. The van der Waals surface area contributed by atoms with Crippen molar-refractivity contribution in [1.29, 1.82) is 0 Å². The molecule has 3 heterocycles. The fraction of sp³-hybridized carbons (Fsp3) is 0.429. The lowest BCUT2D eigenvalue weighted by Gasteiger charge is -2.63. The highest BCUT2D eigenvalue weighted by molar-refractivity contribution is 7.13. The highest BCUT2D eigenvalue weighted by atomic mass is 32.1. The van der Waals surface area contributed by atoms with Gasteiger partial charge in [-0.25, -0.2) is 14.8 Å². The van der Waals surface area contributed by atoms with Crippen LogP contribution in [0, 0.1) is 5.41 Å². The molecule has 1 aliphatic heterocycles. The maximum atomic E-state index is 11.6. The first-order valence-corrected chi connectivity index (χ1v) is 8.04. The van der Waals surface area contributed by atoms with Gasteiger partial charge in [0.05, 0.1) is 11.7 Å². The molecule has 0 radical (unpaired) electrons. The summed E-state index contributed by atoms with van der Waals surface area (Å²) in [6.45, 7) is 0.592. The highest BCUT2D eigenvalue weighted by Gasteiger charge is 2.61. The number of rotatable bonds is 3. The van der Waals surface area contributed by atoms with Gasteiger partial charge in [0.15, 0.2) is 0 Å². The predicted molar refractivity (Wildman–Crippen MR) is 81.1 cm³/mol. The SMILES string of the molecule is O=C(O)N1CC2(CCC2)C1N(c1ncccn1)c1cncs1. The lowest BCUT2D eigenvalue weighted by Crippen LogP contribution is -2.73. The molecule has 0 aromatic carbocycles. The quantitative estimate of drug-likeness (QED) is 0.937. The Hall–Kier alpha value is -2.22. The van der Waals surface area contributed by atoms with Crippen LogP contribution in [0.1, 0.15) is 19.3 Å². The topological polar surface area (TPSA) is 82.5 Å². The molecular weight excluding hydrogens is 302 g/mol. The lowest BCUT2D eigenvalue weighted by molar-refractivity contribution is -0.103. The monoisotopic (exact) mass is 317 g/mol. The smallest absolute Gasteiger partial charge is 0.409 e. The Kier molecular flexibility index (Phi) is 3.00. The van der Waals surface area contributed by atoms with E-state index in [1.807, 2.05) is 4.90 Å². The van der Waals surface area contributed by atoms with Crippen LogP contribution in [0.2, 0.25) is 0 Å². The van der Waals surface area contributed by atoms with Crippen LogP contribution in [0.25, 0.3) is 0 Å². The average Bonchev–Trinajstić information content (AvgIpc) is 2.96. The largest absolute Gasteiger partial charge is 0.465 e. The zero-order valence-corrected chi connectivity index (χ0v) is 12.6. The third-order valence-electron chi connectivity index (χ3n) is 4.59. The van der Waals surface area contributed by atoms with Crippen molar-refractivity contribution in [2.75, 3.05) is 11.4 Å². The molecule has 2 aromatic heterocycles. The number of likely N-dealkylation sites (tertiary alicyclic amines) is 1. The molecule has 2 aliphatic rings. The average molecular weight is 317 g/mol. The molecule has 2 aromatic rings. The molecular formula is C14H15N5O2S. The van der Waals surface area contributed by atoms with E-state index in [9.17, 15) is 9.90 Å².